The number of benzene rings is 1. The highest BCUT2D eigenvalue weighted by atomic mass is 16.4. The van der Waals surface area contributed by atoms with E-state index < -0.39 is 5.97 Å². The topological polar surface area (TPSA) is 97.4 Å². The maximum absolute atomic E-state index is 12.4. The van der Waals surface area contributed by atoms with Gasteiger partial charge in [0, 0.05) is 35.3 Å². The first kappa shape index (κ1) is 16.4. The number of fused-ring (bicyclic) bond motifs is 2. The van der Waals surface area contributed by atoms with Crippen molar-refractivity contribution in [3.63, 3.8) is 0 Å². The van der Waals surface area contributed by atoms with E-state index in [0.717, 1.165) is 33.6 Å². The van der Waals surface area contributed by atoms with Gasteiger partial charge in [0.05, 0.1) is 5.69 Å². The Bertz CT molecular complexity index is 1030. The second kappa shape index (κ2) is 6.01. The molecule has 3 heterocycles. The molecule has 1 atom stereocenters. The molecule has 0 radical (unpaired) electrons. The molecule has 2 N–H and O–H groups in total. The highest BCUT2D eigenvalue weighted by Gasteiger charge is 2.35. The Kier molecular flexibility index (Phi) is 3.79. The fourth-order valence-corrected chi connectivity index (χ4v) is 3.86. The first-order valence-corrected chi connectivity index (χ1v) is 8.58. The number of para-hydroxylation sites is 1. The molecule has 0 fully saturated rings. The van der Waals surface area contributed by atoms with Crippen LogP contribution in [-0.2, 0) is 22.6 Å². The molecular weight excluding hydrogens is 334 g/mol. The molecule has 0 bridgehead atoms. The fraction of sp³-hybridized carbons (Fsp3) is 0.316. The summed E-state index contributed by atoms with van der Waals surface area (Å²) in [6, 6.07) is 7.79. The van der Waals surface area contributed by atoms with Crippen LogP contribution in [0.15, 0.2) is 28.7 Å². The number of carbonyl (C=O) groups excluding carboxylic acids is 1. The largest absolute Gasteiger partial charge is 0.480 e. The zero-order valence-electron chi connectivity index (χ0n) is 14.6. The van der Waals surface area contributed by atoms with Crippen LogP contribution in [0.5, 0.6) is 0 Å². The highest BCUT2D eigenvalue weighted by Crippen LogP contribution is 2.44. The first-order chi connectivity index (χ1) is 12.5. The van der Waals surface area contributed by atoms with E-state index in [2.05, 4.69) is 10.4 Å². The number of furan rings is 1. The number of anilines is 1. The van der Waals surface area contributed by atoms with Crippen LogP contribution in [0.2, 0.25) is 0 Å². The quantitative estimate of drug-likeness (QED) is 0.751. The van der Waals surface area contributed by atoms with Gasteiger partial charge in [-0.3, -0.25) is 9.59 Å². The molecule has 7 nitrogen and oxygen atoms in total. The van der Waals surface area contributed by atoms with Crippen LogP contribution >= 0.6 is 0 Å². The summed E-state index contributed by atoms with van der Waals surface area (Å²) in [7, 11) is 0. The van der Waals surface area contributed by atoms with Crippen LogP contribution in [-0.4, -0.2) is 26.8 Å². The number of nitrogens with one attached hydrogen (secondary N) is 1. The normalized spacial score (nSPS) is 16.5. The Morgan fingerprint density at radius 2 is 2.15 bits per heavy atom. The van der Waals surface area contributed by atoms with E-state index in [-0.39, 0.29) is 24.8 Å². The predicted octanol–water partition coefficient (Wildman–Crippen LogP) is 3.06. The SMILES string of the molecule is CCc1oc2ccccc2c1[C@H]1CC(=O)Nc2c1c(C)nn2CC(=O)O. The van der Waals surface area contributed by atoms with Crippen molar-refractivity contribution in [2.24, 2.45) is 0 Å². The zero-order valence-corrected chi connectivity index (χ0v) is 14.6. The van der Waals surface area contributed by atoms with E-state index in [1.54, 1.807) is 0 Å². The molecule has 26 heavy (non-hydrogen) atoms. The van der Waals surface area contributed by atoms with Crippen LogP contribution in [0.25, 0.3) is 11.0 Å². The van der Waals surface area contributed by atoms with Crippen molar-refractivity contribution in [2.75, 3.05) is 5.32 Å². The highest BCUT2D eigenvalue weighted by molar-refractivity contribution is 5.96. The molecule has 0 saturated carbocycles. The van der Waals surface area contributed by atoms with Crippen LogP contribution in [0.1, 0.15) is 41.8 Å². The number of carboxylic acids is 1. The van der Waals surface area contributed by atoms with E-state index in [1.807, 2.05) is 38.1 Å². The van der Waals surface area contributed by atoms with Crippen molar-refractivity contribution >= 4 is 28.7 Å². The van der Waals surface area contributed by atoms with Crippen LogP contribution in [0.4, 0.5) is 5.82 Å². The number of amides is 1. The van der Waals surface area contributed by atoms with E-state index in [1.165, 1.54) is 4.68 Å². The number of hydrogen-bond acceptors (Lipinski definition) is 4. The average molecular weight is 353 g/mol. The van der Waals surface area contributed by atoms with Gasteiger partial charge >= 0.3 is 5.97 Å². The molecule has 7 heteroatoms. The third-order valence-corrected chi connectivity index (χ3v) is 4.83. The second-order valence-electron chi connectivity index (χ2n) is 6.49. The minimum atomic E-state index is -1.00. The van der Waals surface area contributed by atoms with Gasteiger partial charge in [-0.15, -0.1) is 0 Å². The van der Waals surface area contributed by atoms with E-state index in [4.69, 9.17) is 9.52 Å². The summed E-state index contributed by atoms with van der Waals surface area (Å²) < 4.78 is 7.36. The van der Waals surface area contributed by atoms with Crippen molar-refractivity contribution < 1.29 is 19.1 Å². The molecule has 1 aliphatic heterocycles. The molecule has 0 aliphatic carbocycles. The summed E-state index contributed by atoms with van der Waals surface area (Å²) in [5, 5.41) is 17.3. The van der Waals surface area contributed by atoms with Gasteiger partial charge in [0.15, 0.2) is 0 Å². The lowest BCUT2D eigenvalue weighted by Crippen LogP contribution is -2.26. The van der Waals surface area contributed by atoms with Crippen molar-refractivity contribution in [2.45, 2.75) is 39.2 Å². The molecule has 0 spiro atoms. The van der Waals surface area contributed by atoms with E-state index >= 15 is 0 Å². The average Bonchev–Trinajstić information content (AvgIpc) is 3.11. The van der Waals surface area contributed by atoms with Gasteiger partial charge in [-0.25, -0.2) is 4.68 Å². The van der Waals surface area contributed by atoms with Crippen molar-refractivity contribution in [3.05, 3.63) is 46.8 Å². The number of aromatic nitrogens is 2. The van der Waals surface area contributed by atoms with Gasteiger partial charge in [-0.1, -0.05) is 25.1 Å². The number of hydrogen-bond donors (Lipinski definition) is 2. The molecule has 1 aliphatic rings. The Balaban J connectivity index is 1.94. The standard InChI is InChI=1S/C19H19N3O4/c1-3-13-18(11-6-4-5-7-14(11)26-13)12-8-15(23)20-19-17(12)10(2)21-22(19)9-16(24)25/h4-7,12H,3,8-9H2,1-2H3,(H,20,23)(H,24,25)/t12-/m0/s1. The molecule has 2 aromatic heterocycles. The molecule has 0 saturated heterocycles. The lowest BCUT2D eigenvalue weighted by atomic mass is 9.84. The summed E-state index contributed by atoms with van der Waals surface area (Å²) in [6.45, 7) is 3.57. The number of aliphatic carboxylic acids is 1. The van der Waals surface area contributed by atoms with Gasteiger partial charge < -0.3 is 14.8 Å². The molecule has 1 aromatic carbocycles. The Morgan fingerprint density at radius 1 is 1.38 bits per heavy atom. The van der Waals surface area contributed by atoms with Gasteiger partial charge in [-0.2, -0.15) is 5.10 Å². The zero-order chi connectivity index (χ0) is 18.4. The third-order valence-electron chi connectivity index (χ3n) is 4.83. The Labute approximate surface area is 149 Å². The lowest BCUT2D eigenvalue weighted by Gasteiger charge is -2.24. The second-order valence-corrected chi connectivity index (χ2v) is 6.49. The number of nitrogens with zero attached hydrogens (tertiary/aromatic N) is 2. The first-order valence-electron chi connectivity index (χ1n) is 8.58. The summed E-state index contributed by atoms with van der Waals surface area (Å²) in [6.07, 6.45) is 0.989. The monoisotopic (exact) mass is 353 g/mol. The molecule has 4 rings (SSSR count). The van der Waals surface area contributed by atoms with Crippen LogP contribution in [0.3, 0.4) is 0 Å². The fourth-order valence-electron chi connectivity index (χ4n) is 3.86. The summed E-state index contributed by atoms with van der Waals surface area (Å²) >= 11 is 0. The summed E-state index contributed by atoms with van der Waals surface area (Å²) in [4.78, 5) is 23.5. The number of aryl methyl sites for hydroxylation is 2. The third kappa shape index (κ3) is 2.47. The number of carboxylic acid groups (broad SMARTS) is 1. The van der Waals surface area contributed by atoms with Gasteiger partial charge in [0.1, 0.15) is 23.7 Å². The van der Waals surface area contributed by atoms with E-state index in [9.17, 15) is 9.59 Å². The number of rotatable bonds is 4. The Morgan fingerprint density at radius 3 is 2.88 bits per heavy atom. The Hall–Kier alpha value is -3.09. The van der Waals surface area contributed by atoms with E-state index in [0.29, 0.717) is 12.2 Å². The molecule has 3 aromatic rings. The molecule has 134 valence electrons. The van der Waals surface area contributed by atoms with Crippen LogP contribution < -0.4 is 5.32 Å². The number of carbonyl (C=O) groups is 2. The minimum absolute atomic E-state index is 0.152. The van der Waals surface area contributed by atoms with Gasteiger partial charge in [0.25, 0.3) is 0 Å². The summed E-state index contributed by atoms with van der Waals surface area (Å²) in [5.74, 6) is -0.0448. The smallest absolute Gasteiger partial charge is 0.325 e. The van der Waals surface area contributed by atoms with Crippen molar-refractivity contribution in [3.8, 4) is 0 Å². The molecule has 0 unspecified atom stereocenters. The maximum atomic E-state index is 12.4. The van der Waals surface area contributed by atoms with Gasteiger partial charge in [-0.05, 0) is 13.0 Å². The van der Waals surface area contributed by atoms with Crippen LogP contribution in [0, 0.1) is 6.92 Å². The van der Waals surface area contributed by atoms with Gasteiger partial charge in [0.2, 0.25) is 5.91 Å². The maximum Gasteiger partial charge on any atom is 0.325 e. The predicted molar refractivity (Wildman–Crippen MR) is 95.3 cm³/mol. The minimum Gasteiger partial charge on any atom is -0.480 e. The molecular formula is C19H19N3O4. The summed E-state index contributed by atoms with van der Waals surface area (Å²) in [5.41, 5.74) is 3.38. The van der Waals surface area contributed by atoms with Crippen molar-refractivity contribution in [1.82, 2.24) is 9.78 Å². The van der Waals surface area contributed by atoms with Crippen molar-refractivity contribution in [1.29, 1.82) is 0 Å². The lowest BCUT2D eigenvalue weighted by molar-refractivity contribution is -0.137. The molecule has 1 amide bonds.